The molecule has 0 aliphatic rings. The third-order valence-corrected chi connectivity index (χ3v) is 5.26. The molecule has 0 saturated carbocycles. The number of H-pyrrole nitrogens is 2. The lowest BCUT2D eigenvalue weighted by Crippen LogP contribution is -1.89. The first kappa shape index (κ1) is 20.2. The largest absolute Gasteiger partial charge is 0.338 e. The molecule has 0 aliphatic carbocycles. The second-order valence-electron chi connectivity index (χ2n) is 7.70. The molecule has 3 aromatic heterocycles. The Morgan fingerprint density at radius 3 is 2.76 bits per heavy atom. The minimum atomic E-state index is 0.667. The van der Waals surface area contributed by atoms with Gasteiger partial charge in [-0.2, -0.15) is 0 Å². The molecule has 0 aliphatic heterocycles. The number of aromatic amines is 2. The summed E-state index contributed by atoms with van der Waals surface area (Å²) < 4.78 is 2.00. The topological polar surface area (TPSA) is 99.0 Å². The van der Waals surface area contributed by atoms with Crippen LogP contribution in [0.1, 0.15) is 28.3 Å². The highest BCUT2D eigenvalue weighted by Crippen LogP contribution is 2.24. The molecule has 3 heterocycles. The van der Waals surface area contributed by atoms with E-state index in [0.717, 1.165) is 50.6 Å². The molecule has 2 aromatic carbocycles. The lowest BCUT2D eigenvalue weighted by Gasteiger charge is -2.02. The number of imidazole rings is 3. The van der Waals surface area contributed by atoms with Crippen molar-refractivity contribution in [1.29, 1.82) is 5.41 Å². The summed E-state index contributed by atoms with van der Waals surface area (Å²) in [5.41, 5.74) is 7.57. The smallest absolute Gasteiger partial charge is 0.138 e. The summed E-state index contributed by atoms with van der Waals surface area (Å²) in [6.07, 6.45) is 10.0. The third-order valence-electron chi connectivity index (χ3n) is 5.26. The Morgan fingerprint density at radius 1 is 1.03 bits per heavy atom. The Kier molecular flexibility index (Phi) is 5.17. The van der Waals surface area contributed by atoms with Crippen molar-refractivity contribution in [2.75, 3.05) is 0 Å². The Morgan fingerprint density at radius 2 is 1.94 bits per heavy atom. The average Bonchev–Trinajstić information content (AvgIpc) is 3.56. The lowest BCUT2D eigenvalue weighted by atomic mass is 10.0. The van der Waals surface area contributed by atoms with Crippen molar-refractivity contribution in [3.63, 3.8) is 0 Å². The number of hydrogen-bond acceptors (Lipinski definition) is 4. The zero-order valence-corrected chi connectivity index (χ0v) is 18.2. The molecule has 0 bridgehead atoms. The average molecular weight is 432 g/mol. The van der Waals surface area contributed by atoms with Crippen molar-refractivity contribution >= 4 is 23.3 Å². The monoisotopic (exact) mass is 431 g/mol. The molecule has 33 heavy (non-hydrogen) atoms. The van der Waals surface area contributed by atoms with E-state index in [1.54, 1.807) is 18.3 Å². The van der Waals surface area contributed by atoms with Gasteiger partial charge in [-0.25, -0.2) is 15.0 Å². The van der Waals surface area contributed by atoms with Crippen molar-refractivity contribution in [1.82, 2.24) is 29.5 Å². The van der Waals surface area contributed by atoms with Crippen LogP contribution in [0.3, 0.4) is 0 Å². The molecule has 0 atom stereocenters. The molecule has 0 spiro atoms. The van der Waals surface area contributed by atoms with Gasteiger partial charge < -0.3 is 19.9 Å². The van der Waals surface area contributed by atoms with Crippen molar-refractivity contribution < 1.29 is 0 Å². The van der Waals surface area contributed by atoms with Crippen molar-refractivity contribution in [2.24, 2.45) is 0 Å². The van der Waals surface area contributed by atoms with Crippen LogP contribution in [0.5, 0.6) is 0 Å². The Hall–Kier alpha value is -4.70. The summed E-state index contributed by atoms with van der Waals surface area (Å²) in [6.45, 7) is 4.01. The zero-order valence-electron chi connectivity index (χ0n) is 18.2. The summed E-state index contributed by atoms with van der Waals surface area (Å²) in [6, 6.07) is 12.3. The lowest BCUT2D eigenvalue weighted by molar-refractivity contribution is 1.06. The number of hydrogen-bond donors (Lipinski definition) is 3. The van der Waals surface area contributed by atoms with Gasteiger partial charge >= 0.3 is 0 Å². The van der Waals surface area contributed by atoms with Crippen LogP contribution in [-0.2, 0) is 0 Å². The third kappa shape index (κ3) is 4.23. The van der Waals surface area contributed by atoms with Crippen LogP contribution >= 0.6 is 0 Å². The van der Waals surface area contributed by atoms with Gasteiger partial charge in [0.1, 0.15) is 17.3 Å². The molecule has 160 valence electrons. The standard InChI is InChI=1S/C26H21N7/c1-17-5-6-20(12-19(17)7-8-21-14-28-25(30-21)4-3-11-27)26-31-23-10-9-22(13-24(23)32-26)33-15-18(2)29-16-33/h3-6,9-16,27H,1-2H3,(H,28,30)(H,31,32)/b4-3-,27-11?. The first-order valence-corrected chi connectivity index (χ1v) is 10.4. The first-order chi connectivity index (χ1) is 16.1. The second kappa shape index (κ2) is 8.44. The maximum atomic E-state index is 7.06. The predicted molar refractivity (Wildman–Crippen MR) is 131 cm³/mol. The summed E-state index contributed by atoms with van der Waals surface area (Å²) in [4.78, 5) is 19.9. The molecular formula is C26H21N7. The number of nitrogens with one attached hydrogen (secondary N) is 3. The van der Waals surface area contributed by atoms with Crippen LogP contribution in [0.2, 0.25) is 0 Å². The summed E-state index contributed by atoms with van der Waals surface area (Å²) in [5, 5.41) is 7.06. The number of allylic oxidation sites excluding steroid dienone is 1. The quantitative estimate of drug-likeness (QED) is 0.281. The zero-order chi connectivity index (χ0) is 22.8. The molecule has 0 unspecified atom stereocenters. The molecule has 3 N–H and O–H groups in total. The maximum absolute atomic E-state index is 7.06. The number of nitrogens with zero attached hydrogens (tertiary/aromatic N) is 4. The van der Waals surface area contributed by atoms with E-state index in [2.05, 4.69) is 50.0 Å². The molecule has 5 rings (SSSR count). The van der Waals surface area contributed by atoms with E-state index in [0.29, 0.717) is 5.82 Å². The first-order valence-electron chi connectivity index (χ1n) is 10.4. The number of fused-ring (bicyclic) bond motifs is 1. The number of benzene rings is 2. The van der Waals surface area contributed by atoms with E-state index in [4.69, 9.17) is 10.4 Å². The molecule has 5 aromatic rings. The van der Waals surface area contributed by atoms with Gasteiger partial charge in [-0.15, -0.1) is 0 Å². The van der Waals surface area contributed by atoms with E-state index >= 15 is 0 Å². The van der Waals surface area contributed by atoms with Gasteiger partial charge in [0, 0.05) is 29.2 Å². The SMILES string of the molecule is Cc1cn(-c2ccc3nc(-c4ccc(C)c(C#Cc5cnc(/C=C\C=N)[nH]5)c4)[nH]c3c2)cn1. The van der Waals surface area contributed by atoms with Gasteiger partial charge in [-0.1, -0.05) is 18.1 Å². The normalized spacial score (nSPS) is 11.1. The maximum Gasteiger partial charge on any atom is 0.138 e. The van der Waals surface area contributed by atoms with Crippen LogP contribution in [-0.4, -0.2) is 35.7 Å². The van der Waals surface area contributed by atoms with Crippen molar-refractivity contribution in [2.45, 2.75) is 13.8 Å². The van der Waals surface area contributed by atoms with Gasteiger partial charge in [0.05, 0.1) is 29.3 Å². The van der Waals surface area contributed by atoms with Crippen molar-refractivity contribution in [3.8, 4) is 28.9 Å². The van der Waals surface area contributed by atoms with Gasteiger partial charge in [-0.3, -0.25) is 0 Å². The van der Waals surface area contributed by atoms with Crippen LogP contribution in [0.25, 0.3) is 34.2 Å². The number of aromatic nitrogens is 6. The fourth-order valence-electron chi connectivity index (χ4n) is 3.52. The van der Waals surface area contributed by atoms with Crippen LogP contribution in [0.15, 0.2) is 61.2 Å². The Balaban J connectivity index is 1.46. The summed E-state index contributed by atoms with van der Waals surface area (Å²) >= 11 is 0. The highest BCUT2D eigenvalue weighted by atomic mass is 15.0. The molecule has 0 fully saturated rings. The highest BCUT2D eigenvalue weighted by molar-refractivity contribution is 5.81. The van der Waals surface area contributed by atoms with Gasteiger partial charge in [0.15, 0.2) is 0 Å². The van der Waals surface area contributed by atoms with Crippen LogP contribution in [0.4, 0.5) is 0 Å². The molecule has 0 saturated heterocycles. The molecule has 7 heteroatoms. The van der Waals surface area contributed by atoms with E-state index < -0.39 is 0 Å². The molecule has 7 nitrogen and oxygen atoms in total. The molecular weight excluding hydrogens is 410 g/mol. The fourth-order valence-corrected chi connectivity index (χ4v) is 3.52. The van der Waals surface area contributed by atoms with Crippen LogP contribution in [0, 0.1) is 31.1 Å². The molecule has 0 amide bonds. The summed E-state index contributed by atoms with van der Waals surface area (Å²) in [7, 11) is 0. The molecule has 0 radical (unpaired) electrons. The van der Waals surface area contributed by atoms with Gasteiger partial charge in [0.25, 0.3) is 0 Å². The van der Waals surface area contributed by atoms with Crippen LogP contribution < -0.4 is 0 Å². The number of aryl methyl sites for hydroxylation is 2. The fraction of sp³-hybridized carbons (Fsp3) is 0.0769. The summed E-state index contributed by atoms with van der Waals surface area (Å²) in [5.74, 6) is 7.83. The Labute approximate surface area is 190 Å². The van der Waals surface area contributed by atoms with E-state index in [9.17, 15) is 0 Å². The second-order valence-corrected chi connectivity index (χ2v) is 7.70. The van der Waals surface area contributed by atoms with E-state index in [-0.39, 0.29) is 0 Å². The minimum absolute atomic E-state index is 0.667. The minimum Gasteiger partial charge on any atom is -0.338 e. The number of rotatable bonds is 4. The van der Waals surface area contributed by atoms with E-state index in [1.165, 1.54) is 6.21 Å². The Bertz CT molecular complexity index is 1570. The van der Waals surface area contributed by atoms with E-state index in [1.807, 2.05) is 49.1 Å². The van der Waals surface area contributed by atoms with Gasteiger partial charge in [0.2, 0.25) is 0 Å². The predicted octanol–water partition coefficient (Wildman–Crippen LogP) is 4.82. The van der Waals surface area contributed by atoms with Crippen molar-refractivity contribution in [3.05, 3.63) is 89.5 Å². The van der Waals surface area contributed by atoms with Gasteiger partial charge in [-0.05, 0) is 61.7 Å². The highest BCUT2D eigenvalue weighted by Gasteiger charge is 2.09.